The first-order valence-electron chi connectivity index (χ1n) is 8.12. The van der Waals surface area contributed by atoms with Crippen molar-refractivity contribution in [1.82, 2.24) is 10.2 Å². The Bertz CT molecular complexity index is 649. The molecule has 138 valence electrons. The number of carbonyl (C=O) groups excluding carboxylic acids is 2. The predicted molar refractivity (Wildman–Crippen MR) is 91.4 cm³/mol. The van der Waals surface area contributed by atoms with Gasteiger partial charge in [0.25, 0.3) is 0 Å². The van der Waals surface area contributed by atoms with Crippen LogP contribution in [0.25, 0.3) is 0 Å². The van der Waals surface area contributed by atoms with Crippen LogP contribution in [-0.4, -0.2) is 59.9 Å². The molecule has 1 aliphatic rings. The lowest BCUT2D eigenvalue weighted by Gasteiger charge is -2.31. The molecule has 4 N–H and O–H groups in total. The summed E-state index contributed by atoms with van der Waals surface area (Å²) in [5, 5.41) is 12.1. The summed E-state index contributed by atoms with van der Waals surface area (Å²) in [7, 11) is 1.73. The second kappa shape index (κ2) is 7.81. The predicted octanol–water partition coefficient (Wildman–Crippen LogP) is 0.0886. The van der Waals surface area contributed by atoms with Crippen molar-refractivity contribution in [2.24, 2.45) is 5.73 Å². The van der Waals surface area contributed by atoms with Gasteiger partial charge in [-0.25, -0.2) is 0 Å². The lowest BCUT2D eigenvalue weighted by molar-refractivity contribution is -0.126. The number of benzene rings is 1. The number of hydrogen-bond donors (Lipinski definition) is 3. The van der Waals surface area contributed by atoms with Gasteiger partial charge < -0.3 is 25.6 Å². The molecule has 8 heteroatoms. The Kier molecular flexibility index (Phi) is 5.99. The SMILES string of the molecule is CC(O)C(N)C(=O)NC(C)N(C)C(C)C(=O)c1ccc2c(c1)OCO2. The Labute approximate surface area is 146 Å². The molecule has 4 unspecified atom stereocenters. The highest BCUT2D eigenvalue weighted by molar-refractivity contribution is 6.00. The molecule has 0 bridgehead atoms. The Morgan fingerprint density at radius 1 is 1.24 bits per heavy atom. The third kappa shape index (κ3) is 4.28. The number of fused-ring (bicyclic) bond motifs is 1. The van der Waals surface area contributed by atoms with Gasteiger partial charge in [0, 0.05) is 5.56 Å². The van der Waals surface area contributed by atoms with Crippen molar-refractivity contribution < 1.29 is 24.2 Å². The number of nitrogens with one attached hydrogen (secondary N) is 1. The van der Waals surface area contributed by atoms with E-state index < -0.39 is 30.3 Å². The molecule has 0 fully saturated rings. The van der Waals surface area contributed by atoms with Crippen LogP contribution in [0.15, 0.2) is 18.2 Å². The zero-order chi connectivity index (χ0) is 18.7. The van der Waals surface area contributed by atoms with Gasteiger partial charge in [-0.3, -0.25) is 14.5 Å². The Balaban J connectivity index is 2.02. The number of Topliss-reactive ketones (excluding diaryl/α,β-unsaturated/α-hetero) is 1. The standard InChI is InChI=1S/C17H25N3O5/c1-9(20(4)11(3)19-17(23)15(18)10(2)21)16(22)12-5-6-13-14(7-12)25-8-24-13/h5-7,9-11,15,21H,8,18H2,1-4H3,(H,19,23). The van der Waals surface area contributed by atoms with Crippen LogP contribution in [0.1, 0.15) is 31.1 Å². The molecule has 1 aromatic rings. The van der Waals surface area contributed by atoms with E-state index in [4.69, 9.17) is 15.2 Å². The van der Waals surface area contributed by atoms with Crippen molar-refractivity contribution in [2.75, 3.05) is 13.8 Å². The van der Waals surface area contributed by atoms with Gasteiger partial charge in [0.1, 0.15) is 6.04 Å². The van der Waals surface area contributed by atoms with Crippen LogP contribution in [0, 0.1) is 0 Å². The summed E-state index contributed by atoms with van der Waals surface area (Å²) >= 11 is 0. The van der Waals surface area contributed by atoms with Crippen molar-refractivity contribution in [2.45, 2.75) is 45.1 Å². The van der Waals surface area contributed by atoms with E-state index in [0.717, 1.165) is 0 Å². The number of rotatable bonds is 7. The number of aliphatic hydroxyl groups excluding tert-OH is 1. The number of aliphatic hydroxyl groups is 1. The van der Waals surface area contributed by atoms with E-state index in [0.29, 0.717) is 17.1 Å². The quantitative estimate of drug-likeness (QED) is 0.471. The van der Waals surface area contributed by atoms with Crippen LogP contribution in [0.2, 0.25) is 0 Å². The molecule has 2 rings (SSSR count). The first-order chi connectivity index (χ1) is 11.7. The minimum Gasteiger partial charge on any atom is -0.454 e. The molecule has 0 saturated heterocycles. The number of likely N-dealkylation sites (N-methyl/N-ethyl adjacent to an activating group) is 1. The van der Waals surface area contributed by atoms with Gasteiger partial charge in [0.05, 0.1) is 18.3 Å². The molecule has 1 aliphatic heterocycles. The zero-order valence-corrected chi connectivity index (χ0v) is 14.9. The van der Waals surface area contributed by atoms with E-state index in [1.54, 1.807) is 44.0 Å². The summed E-state index contributed by atoms with van der Waals surface area (Å²) in [5.74, 6) is 0.578. The van der Waals surface area contributed by atoms with Crippen LogP contribution >= 0.6 is 0 Å². The molecule has 1 aromatic carbocycles. The lowest BCUT2D eigenvalue weighted by atomic mass is 10.0. The van der Waals surface area contributed by atoms with Gasteiger partial charge >= 0.3 is 0 Å². The van der Waals surface area contributed by atoms with Gasteiger partial charge in [0.15, 0.2) is 17.3 Å². The summed E-state index contributed by atoms with van der Waals surface area (Å²) in [6.07, 6.45) is -1.39. The molecular formula is C17H25N3O5. The Hall–Kier alpha value is -2.16. The van der Waals surface area contributed by atoms with E-state index in [9.17, 15) is 14.7 Å². The topological polar surface area (TPSA) is 114 Å². The van der Waals surface area contributed by atoms with Crippen molar-refractivity contribution in [3.8, 4) is 11.5 Å². The molecule has 1 amide bonds. The highest BCUT2D eigenvalue weighted by Crippen LogP contribution is 2.33. The fraction of sp³-hybridized carbons (Fsp3) is 0.529. The van der Waals surface area contributed by atoms with Gasteiger partial charge in [-0.05, 0) is 46.0 Å². The number of nitrogens with zero attached hydrogens (tertiary/aromatic N) is 1. The maximum Gasteiger partial charge on any atom is 0.240 e. The van der Waals surface area contributed by atoms with Crippen LogP contribution in [-0.2, 0) is 4.79 Å². The fourth-order valence-electron chi connectivity index (χ4n) is 2.43. The second-order valence-corrected chi connectivity index (χ2v) is 6.22. The molecule has 1 heterocycles. The van der Waals surface area contributed by atoms with Gasteiger partial charge in [-0.15, -0.1) is 0 Å². The van der Waals surface area contributed by atoms with Gasteiger partial charge in [0.2, 0.25) is 12.7 Å². The van der Waals surface area contributed by atoms with E-state index in [2.05, 4.69) is 5.32 Å². The first kappa shape index (κ1) is 19.2. The number of nitrogens with two attached hydrogens (primary N) is 1. The number of amides is 1. The van der Waals surface area contributed by atoms with E-state index in [1.165, 1.54) is 6.92 Å². The van der Waals surface area contributed by atoms with Crippen molar-refractivity contribution in [3.05, 3.63) is 23.8 Å². The molecular weight excluding hydrogens is 326 g/mol. The number of ether oxygens (including phenoxy) is 2. The van der Waals surface area contributed by atoms with Crippen molar-refractivity contribution in [1.29, 1.82) is 0 Å². The van der Waals surface area contributed by atoms with Crippen LogP contribution in [0.3, 0.4) is 0 Å². The molecule has 0 radical (unpaired) electrons. The molecule has 8 nitrogen and oxygen atoms in total. The van der Waals surface area contributed by atoms with Crippen LogP contribution < -0.4 is 20.5 Å². The summed E-state index contributed by atoms with van der Waals surface area (Å²) in [6.45, 7) is 5.10. The largest absolute Gasteiger partial charge is 0.454 e. The van der Waals surface area contributed by atoms with Gasteiger partial charge in [-0.2, -0.15) is 0 Å². The average molecular weight is 351 g/mol. The van der Waals surface area contributed by atoms with E-state index in [-0.39, 0.29) is 12.6 Å². The molecule has 0 aromatic heterocycles. The normalized spacial score (nSPS) is 17.7. The number of ketones is 1. The number of carbonyl (C=O) groups is 2. The average Bonchev–Trinajstić information content (AvgIpc) is 3.06. The first-order valence-corrected chi connectivity index (χ1v) is 8.12. The summed E-state index contributed by atoms with van der Waals surface area (Å²) in [5.41, 5.74) is 6.12. The Morgan fingerprint density at radius 2 is 1.88 bits per heavy atom. The third-order valence-electron chi connectivity index (χ3n) is 4.43. The fourth-order valence-corrected chi connectivity index (χ4v) is 2.43. The highest BCUT2D eigenvalue weighted by atomic mass is 16.7. The maximum atomic E-state index is 12.7. The molecule has 25 heavy (non-hydrogen) atoms. The van der Waals surface area contributed by atoms with E-state index in [1.807, 2.05) is 0 Å². The van der Waals surface area contributed by atoms with Crippen LogP contribution in [0.5, 0.6) is 11.5 Å². The Morgan fingerprint density at radius 3 is 2.52 bits per heavy atom. The van der Waals surface area contributed by atoms with E-state index >= 15 is 0 Å². The van der Waals surface area contributed by atoms with Crippen molar-refractivity contribution in [3.63, 3.8) is 0 Å². The molecule has 0 saturated carbocycles. The van der Waals surface area contributed by atoms with Crippen molar-refractivity contribution >= 4 is 11.7 Å². The third-order valence-corrected chi connectivity index (χ3v) is 4.43. The second-order valence-electron chi connectivity index (χ2n) is 6.22. The summed E-state index contributed by atoms with van der Waals surface area (Å²) in [4.78, 5) is 26.4. The monoisotopic (exact) mass is 351 g/mol. The minimum absolute atomic E-state index is 0.110. The number of hydrogen-bond acceptors (Lipinski definition) is 7. The summed E-state index contributed by atoms with van der Waals surface area (Å²) in [6, 6.07) is 3.54. The lowest BCUT2D eigenvalue weighted by Crippen LogP contribution is -2.55. The highest BCUT2D eigenvalue weighted by Gasteiger charge is 2.27. The maximum absolute atomic E-state index is 12.7. The zero-order valence-electron chi connectivity index (χ0n) is 14.9. The van der Waals surface area contributed by atoms with Gasteiger partial charge in [-0.1, -0.05) is 0 Å². The molecule has 0 aliphatic carbocycles. The molecule has 4 atom stereocenters. The smallest absolute Gasteiger partial charge is 0.240 e. The molecule has 0 spiro atoms. The summed E-state index contributed by atoms with van der Waals surface area (Å²) < 4.78 is 10.5. The minimum atomic E-state index is -1.02. The van der Waals surface area contributed by atoms with Crippen LogP contribution in [0.4, 0.5) is 0 Å².